The summed E-state index contributed by atoms with van der Waals surface area (Å²) in [6.45, 7) is 2.95. The number of hydrogen-bond donors (Lipinski definition) is 3. The summed E-state index contributed by atoms with van der Waals surface area (Å²) in [6.07, 6.45) is 6.96. The van der Waals surface area contributed by atoms with Gasteiger partial charge in [-0.15, -0.1) is 0 Å². The van der Waals surface area contributed by atoms with Crippen molar-refractivity contribution in [2.24, 2.45) is 0 Å². The minimum atomic E-state index is -0.0726. The average molecular weight is 505 g/mol. The lowest BCUT2D eigenvalue weighted by Crippen LogP contribution is -2.31. The topological polar surface area (TPSA) is 89.7 Å². The van der Waals surface area contributed by atoms with E-state index < -0.39 is 0 Å². The molecular weight excluding hydrogens is 472 g/mol. The van der Waals surface area contributed by atoms with E-state index in [-0.39, 0.29) is 11.6 Å². The summed E-state index contributed by atoms with van der Waals surface area (Å²) in [5.41, 5.74) is 8.03. The van der Waals surface area contributed by atoms with Crippen molar-refractivity contribution < 1.29 is 0 Å². The second-order valence-electron chi connectivity index (χ2n) is 10.0. The van der Waals surface area contributed by atoms with Gasteiger partial charge in [0.05, 0.1) is 29.3 Å². The van der Waals surface area contributed by atoms with Crippen LogP contribution < -0.4 is 10.9 Å². The Morgan fingerprint density at radius 2 is 1.76 bits per heavy atom. The molecule has 0 bridgehead atoms. The lowest BCUT2D eigenvalue weighted by Gasteiger charge is -2.34. The van der Waals surface area contributed by atoms with Crippen LogP contribution in [-0.4, -0.2) is 24.8 Å². The average Bonchev–Trinajstić information content (AvgIpc) is 3.36. The van der Waals surface area contributed by atoms with Crippen LogP contribution in [0.15, 0.2) is 90.0 Å². The fraction of sp³-hybridized carbons (Fsp3) is 0.258. The van der Waals surface area contributed by atoms with Crippen LogP contribution in [0, 0.1) is 0 Å². The molecule has 2 aromatic carbocycles. The highest BCUT2D eigenvalue weighted by molar-refractivity contribution is 5.74. The van der Waals surface area contributed by atoms with Crippen molar-refractivity contribution >= 4 is 11.0 Å². The standard InChI is InChI=1S/C31H32N6O/c38-30-17-24(14-16-33-30)19-32-18-22-10-12-23(13-11-22)20-37(21-29-35-26-7-1-2-8-27(26)36-29)28-9-3-5-25-6-4-15-34-31(25)28/h1-2,4,6-8,10-17,28,32H,3,5,9,18-21H2,(H,33,38)(H,35,36). The van der Waals surface area contributed by atoms with Gasteiger partial charge in [-0.05, 0) is 65.8 Å². The molecule has 3 heterocycles. The lowest BCUT2D eigenvalue weighted by atomic mass is 9.90. The highest BCUT2D eigenvalue weighted by Gasteiger charge is 2.28. The van der Waals surface area contributed by atoms with Gasteiger partial charge in [0.15, 0.2) is 0 Å². The Labute approximate surface area is 222 Å². The Hall–Kier alpha value is -4.07. The number of fused-ring (bicyclic) bond motifs is 2. The van der Waals surface area contributed by atoms with Crippen LogP contribution in [0.4, 0.5) is 0 Å². The van der Waals surface area contributed by atoms with Gasteiger partial charge in [-0.3, -0.25) is 14.7 Å². The number of nitrogens with one attached hydrogen (secondary N) is 3. The number of pyridine rings is 2. The zero-order valence-electron chi connectivity index (χ0n) is 21.4. The Balaban J connectivity index is 1.19. The zero-order valence-corrected chi connectivity index (χ0v) is 21.4. The maximum Gasteiger partial charge on any atom is 0.248 e. The smallest absolute Gasteiger partial charge is 0.248 e. The summed E-state index contributed by atoms with van der Waals surface area (Å²) in [7, 11) is 0. The maximum absolute atomic E-state index is 11.5. The lowest BCUT2D eigenvalue weighted by molar-refractivity contribution is 0.153. The first-order valence-electron chi connectivity index (χ1n) is 13.3. The first-order chi connectivity index (χ1) is 18.7. The van der Waals surface area contributed by atoms with Crippen molar-refractivity contribution in [1.29, 1.82) is 0 Å². The molecule has 6 rings (SSSR count). The summed E-state index contributed by atoms with van der Waals surface area (Å²) in [6, 6.07) is 25.1. The molecule has 0 aliphatic heterocycles. The van der Waals surface area contributed by atoms with Gasteiger partial charge in [0.25, 0.3) is 0 Å². The highest BCUT2D eigenvalue weighted by atomic mass is 16.1. The van der Waals surface area contributed by atoms with Gasteiger partial charge in [0.1, 0.15) is 5.82 Å². The van der Waals surface area contributed by atoms with E-state index in [0.29, 0.717) is 6.54 Å². The fourth-order valence-electron chi connectivity index (χ4n) is 5.44. The first-order valence-corrected chi connectivity index (χ1v) is 13.3. The summed E-state index contributed by atoms with van der Waals surface area (Å²) in [5.74, 6) is 0.981. The Morgan fingerprint density at radius 1 is 0.921 bits per heavy atom. The predicted octanol–water partition coefficient (Wildman–Crippen LogP) is 5.02. The minimum absolute atomic E-state index is 0.0726. The van der Waals surface area contributed by atoms with Crippen LogP contribution in [0.3, 0.4) is 0 Å². The summed E-state index contributed by atoms with van der Waals surface area (Å²) in [4.78, 5) is 29.9. The van der Waals surface area contributed by atoms with E-state index in [2.05, 4.69) is 62.6 Å². The molecule has 192 valence electrons. The third-order valence-corrected chi connectivity index (χ3v) is 7.30. The van der Waals surface area contributed by atoms with Crippen LogP contribution >= 0.6 is 0 Å². The number of benzene rings is 2. The van der Waals surface area contributed by atoms with Gasteiger partial charge >= 0.3 is 0 Å². The summed E-state index contributed by atoms with van der Waals surface area (Å²) in [5, 5.41) is 3.43. The number of aryl methyl sites for hydroxylation is 1. The number of imidazole rings is 1. The monoisotopic (exact) mass is 504 g/mol. The molecule has 5 aromatic rings. The largest absolute Gasteiger partial charge is 0.341 e. The molecule has 1 aliphatic rings. The fourth-order valence-corrected chi connectivity index (χ4v) is 5.44. The molecule has 38 heavy (non-hydrogen) atoms. The van der Waals surface area contributed by atoms with Gasteiger partial charge in [-0.25, -0.2) is 4.98 Å². The Bertz CT molecular complexity index is 1540. The number of H-pyrrole nitrogens is 2. The second kappa shape index (κ2) is 11.1. The van der Waals surface area contributed by atoms with Gasteiger partial charge in [-0.2, -0.15) is 0 Å². The molecule has 7 heteroatoms. The van der Waals surface area contributed by atoms with Crippen molar-refractivity contribution in [1.82, 2.24) is 30.2 Å². The van der Waals surface area contributed by atoms with Gasteiger partial charge in [0.2, 0.25) is 5.56 Å². The molecule has 3 N–H and O–H groups in total. The van der Waals surface area contributed by atoms with Crippen LogP contribution in [0.25, 0.3) is 11.0 Å². The molecule has 7 nitrogen and oxygen atoms in total. The van der Waals surface area contributed by atoms with Gasteiger partial charge in [-0.1, -0.05) is 42.5 Å². The van der Waals surface area contributed by atoms with Crippen molar-refractivity contribution in [3.05, 3.63) is 129 Å². The van der Waals surface area contributed by atoms with Crippen molar-refractivity contribution in [3.8, 4) is 0 Å². The van der Waals surface area contributed by atoms with E-state index in [1.54, 1.807) is 12.3 Å². The molecule has 0 spiro atoms. The van der Waals surface area contributed by atoms with Crippen LogP contribution in [0.5, 0.6) is 0 Å². The molecule has 0 fully saturated rings. The predicted molar refractivity (Wildman–Crippen MR) is 149 cm³/mol. The molecular formula is C31H32N6O. The molecule has 1 unspecified atom stereocenters. The van der Waals surface area contributed by atoms with E-state index in [1.165, 1.54) is 22.4 Å². The van der Waals surface area contributed by atoms with E-state index in [0.717, 1.165) is 61.3 Å². The van der Waals surface area contributed by atoms with Crippen molar-refractivity contribution in [3.63, 3.8) is 0 Å². The third kappa shape index (κ3) is 5.59. The SMILES string of the molecule is O=c1cc(CNCc2ccc(CN(Cc3nc4ccccc4[nH]3)C3CCCc4cccnc43)cc2)cc[nH]1. The maximum atomic E-state index is 11.5. The highest BCUT2D eigenvalue weighted by Crippen LogP contribution is 2.34. The first kappa shape index (κ1) is 24.3. The Kier molecular flexibility index (Phi) is 7.11. The zero-order chi connectivity index (χ0) is 25.7. The van der Waals surface area contributed by atoms with Gasteiger partial charge in [0, 0.05) is 38.1 Å². The number of aromatic nitrogens is 4. The van der Waals surface area contributed by atoms with Crippen molar-refractivity contribution in [2.45, 2.75) is 51.5 Å². The van der Waals surface area contributed by atoms with Gasteiger partial charge < -0.3 is 15.3 Å². The Morgan fingerprint density at radius 3 is 2.63 bits per heavy atom. The van der Waals surface area contributed by atoms with Crippen LogP contribution in [0.2, 0.25) is 0 Å². The van der Waals surface area contributed by atoms with Crippen molar-refractivity contribution in [2.75, 3.05) is 0 Å². The van der Waals surface area contributed by atoms with E-state index in [1.807, 2.05) is 30.5 Å². The van der Waals surface area contributed by atoms with Crippen LogP contribution in [-0.2, 0) is 32.6 Å². The number of hydrogen-bond acceptors (Lipinski definition) is 5. The number of nitrogens with zero attached hydrogens (tertiary/aromatic N) is 3. The molecule has 1 atom stereocenters. The quantitative estimate of drug-likeness (QED) is 0.262. The normalized spacial score (nSPS) is 15.1. The number of para-hydroxylation sites is 2. The third-order valence-electron chi connectivity index (χ3n) is 7.30. The molecule has 0 amide bonds. The molecule has 0 saturated heterocycles. The van der Waals surface area contributed by atoms with E-state index in [4.69, 9.17) is 9.97 Å². The molecule has 0 radical (unpaired) electrons. The summed E-state index contributed by atoms with van der Waals surface area (Å²) >= 11 is 0. The van der Waals surface area contributed by atoms with E-state index >= 15 is 0 Å². The molecule has 3 aromatic heterocycles. The minimum Gasteiger partial charge on any atom is -0.341 e. The summed E-state index contributed by atoms with van der Waals surface area (Å²) < 4.78 is 0. The molecule has 1 aliphatic carbocycles. The number of rotatable bonds is 9. The molecule has 0 saturated carbocycles. The van der Waals surface area contributed by atoms with Crippen LogP contribution in [0.1, 0.15) is 52.7 Å². The number of aromatic amines is 2. The second-order valence-corrected chi connectivity index (χ2v) is 10.0. The van der Waals surface area contributed by atoms with E-state index in [9.17, 15) is 4.79 Å².